The molecule has 218 valence electrons. The van der Waals surface area contributed by atoms with Crippen LogP contribution < -0.4 is 9.47 Å². The first-order valence-electron chi connectivity index (χ1n) is 13.2. The van der Waals surface area contributed by atoms with E-state index in [2.05, 4.69) is 0 Å². The number of hydrogen-bond acceptors (Lipinski definition) is 6. The molecule has 0 spiro atoms. The molecule has 1 N–H and O–H groups in total. The van der Waals surface area contributed by atoms with Gasteiger partial charge in [0.2, 0.25) is 0 Å². The molecule has 1 saturated heterocycles. The highest BCUT2D eigenvalue weighted by Crippen LogP contribution is 2.44. The lowest BCUT2D eigenvalue weighted by molar-refractivity contribution is -0.183. The van der Waals surface area contributed by atoms with Gasteiger partial charge in [-0.25, -0.2) is 0 Å². The van der Waals surface area contributed by atoms with Crippen LogP contribution in [0.15, 0.2) is 66.7 Å². The first-order valence-corrected chi connectivity index (χ1v) is 14.0. The number of aliphatic carboxylic acids is 1. The van der Waals surface area contributed by atoms with E-state index in [1.54, 1.807) is 49.5 Å². The maximum atomic E-state index is 13.8. The van der Waals surface area contributed by atoms with Crippen molar-refractivity contribution in [1.29, 1.82) is 0 Å². The molecular weight excluding hydrogens is 569 g/mol. The number of carbonyl (C=O) groups is 2. The first kappa shape index (κ1) is 30.7. The smallest absolute Gasteiger partial charge is 0.306 e. The summed E-state index contributed by atoms with van der Waals surface area (Å²) in [5, 5.41) is 10.6. The summed E-state index contributed by atoms with van der Waals surface area (Å²) in [7, 11) is 3.16. The molecule has 0 bridgehead atoms. The number of ether oxygens (including phenoxy) is 4. The molecule has 41 heavy (non-hydrogen) atoms. The number of carboxylic acids is 1. The minimum Gasteiger partial charge on any atom is -0.493 e. The molecule has 4 rings (SSSR count). The predicted octanol–water partition coefficient (Wildman–Crippen LogP) is 6.49. The van der Waals surface area contributed by atoms with Crippen molar-refractivity contribution < 1.29 is 33.6 Å². The van der Waals surface area contributed by atoms with Crippen molar-refractivity contribution >= 4 is 35.1 Å². The highest BCUT2D eigenvalue weighted by Gasteiger charge is 2.46. The number of carboxylic acid groups (broad SMARTS) is 1. The van der Waals surface area contributed by atoms with E-state index in [1.807, 2.05) is 43.3 Å². The van der Waals surface area contributed by atoms with E-state index in [0.717, 1.165) is 16.7 Å². The van der Waals surface area contributed by atoms with Gasteiger partial charge in [-0.1, -0.05) is 53.5 Å². The Hall–Kier alpha value is -3.30. The Kier molecular flexibility index (Phi) is 10.5. The van der Waals surface area contributed by atoms with Gasteiger partial charge in [-0.05, 0) is 66.4 Å². The van der Waals surface area contributed by atoms with Crippen molar-refractivity contribution in [3.8, 4) is 11.5 Å². The number of benzene rings is 3. The number of amides is 1. The van der Waals surface area contributed by atoms with E-state index in [-0.39, 0.29) is 6.04 Å². The minimum absolute atomic E-state index is 0.310. The summed E-state index contributed by atoms with van der Waals surface area (Å²) in [4.78, 5) is 27.2. The second-order valence-corrected chi connectivity index (χ2v) is 10.7. The van der Waals surface area contributed by atoms with Gasteiger partial charge in [0, 0.05) is 22.7 Å². The molecule has 1 aliphatic heterocycles. The Morgan fingerprint density at radius 1 is 0.976 bits per heavy atom. The fraction of sp³-hybridized carbons (Fsp3) is 0.355. The van der Waals surface area contributed by atoms with Crippen molar-refractivity contribution in [2.45, 2.75) is 50.7 Å². The van der Waals surface area contributed by atoms with Crippen LogP contribution in [-0.4, -0.2) is 54.9 Å². The molecule has 1 heterocycles. The summed E-state index contributed by atoms with van der Waals surface area (Å²) in [6.45, 7) is 2.63. The Morgan fingerprint density at radius 2 is 1.71 bits per heavy atom. The molecule has 0 saturated carbocycles. The summed E-state index contributed by atoms with van der Waals surface area (Å²) in [6, 6.07) is 19.1. The highest BCUT2D eigenvalue weighted by atomic mass is 35.5. The molecule has 4 atom stereocenters. The topological polar surface area (TPSA) is 94.5 Å². The zero-order chi connectivity index (χ0) is 29.5. The number of carbonyl (C=O) groups excluding carboxylic acids is 1. The van der Waals surface area contributed by atoms with Crippen molar-refractivity contribution in [1.82, 2.24) is 4.90 Å². The number of halogens is 2. The second kappa shape index (κ2) is 14.0. The van der Waals surface area contributed by atoms with Crippen LogP contribution in [0, 0.1) is 0 Å². The molecule has 0 unspecified atom stereocenters. The van der Waals surface area contributed by atoms with Gasteiger partial charge in [-0.15, -0.1) is 0 Å². The molecule has 0 aromatic heterocycles. The van der Waals surface area contributed by atoms with Gasteiger partial charge in [-0.2, -0.15) is 0 Å². The van der Waals surface area contributed by atoms with Crippen molar-refractivity contribution in [2.75, 3.05) is 20.8 Å². The highest BCUT2D eigenvalue weighted by molar-refractivity contribution is 6.30. The average Bonchev–Trinajstić information content (AvgIpc) is 2.96. The van der Waals surface area contributed by atoms with E-state index >= 15 is 0 Å². The first-order chi connectivity index (χ1) is 19.7. The molecule has 3 aromatic carbocycles. The number of hydrogen-bond donors (Lipinski definition) is 1. The third-order valence-corrected chi connectivity index (χ3v) is 7.53. The van der Waals surface area contributed by atoms with Gasteiger partial charge >= 0.3 is 5.97 Å². The standard InChI is InChI=1S/C31H33Cl2NO7/c1-19(13-14-40-18-20-7-12-25(38-2)26(15-20)39-3)34-29(21-8-10-23(32)11-9-21)30(22-5-4-6-24(33)16-22)41-27(31(34)37)17-28(35)36/h4-12,15-16,19,27,29-30H,13-14,17-18H2,1-3H3,(H,35,36)/t19-,27+,29+,30+/m0/s1. The third-order valence-electron chi connectivity index (χ3n) is 7.05. The number of rotatable bonds is 12. The largest absolute Gasteiger partial charge is 0.493 e. The molecule has 1 aliphatic rings. The van der Waals surface area contributed by atoms with Crippen LogP contribution >= 0.6 is 23.2 Å². The zero-order valence-corrected chi connectivity index (χ0v) is 24.6. The molecule has 1 fully saturated rings. The van der Waals surface area contributed by atoms with E-state index < -0.39 is 36.5 Å². The Morgan fingerprint density at radius 3 is 2.37 bits per heavy atom. The lowest BCUT2D eigenvalue weighted by Crippen LogP contribution is -2.54. The van der Waals surface area contributed by atoms with Crippen molar-refractivity contribution in [3.05, 3.63) is 93.5 Å². The van der Waals surface area contributed by atoms with Crippen LogP contribution in [0.25, 0.3) is 0 Å². The lowest BCUT2D eigenvalue weighted by Gasteiger charge is -2.47. The van der Waals surface area contributed by atoms with E-state index in [9.17, 15) is 14.7 Å². The van der Waals surface area contributed by atoms with E-state index in [1.165, 1.54) is 0 Å². The van der Waals surface area contributed by atoms with Crippen molar-refractivity contribution in [2.24, 2.45) is 0 Å². The van der Waals surface area contributed by atoms with Gasteiger partial charge in [0.15, 0.2) is 11.5 Å². The average molecular weight is 603 g/mol. The summed E-state index contributed by atoms with van der Waals surface area (Å²) >= 11 is 12.5. The fourth-order valence-corrected chi connectivity index (χ4v) is 5.36. The molecule has 10 heteroatoms. The van der Waals surface area contributed by atoms with E-state index in [4.69, 9.17) is 42.1 Å². The van der Waals surface area contributed by atoms with Crippen LogP contribution in [0.2, 0.25) is 10.0 Å². The Bertz CT molecular complexity index is 1350. The Balaban J connectivity index is 1.59. The van der Waals surface area contributed by atoms with Crippen LogP contribution in [0.1, 0.15) is 48.6 Å². The predicted molar refractivity (Wildman–Crippen MR) is 156 cm³/mol. The van der Waals surface area contributed by atoms with Gasteiger partial charge in [0.1, 0.15) is 12.2 Å². The third kappa shape index (κ3) is 7.51. The van der Waals surface area contributed by atoms with Crippen molar-refractivity contribution in [3.63, 3.8) is 0 Å². The molecular formula is C31H33Cl2NO7. The van der Waals surface area contributed by atoms with Crippen LogP contribution in [0.4, 0.5) is 0 Å². The van der Waals surface area contributed by atoms with Crippen LogP contribution in [-0.2, 0) is 25.7 Å². The number of morpholine rings is 1. The van der Waals surface area contributed by atoms with E-state index in [0.29, 0.717) is 41.2 Å². The summed E-state index contributed by atoms with van der Waals surface area (Å²) < 4.78 is 22.9. The van der Waals surface area contributed by atoms with Crippen LogP contribution in [0.3, 0.4) is 0 Å². The zero-order valence-electron chi connectivity index (χ0n) is 23.1. The molecule has 0 radical (unpaired) electrons. The fourth-order valence-electron chi connectivity index (χ4n) is 5.04. The summed E-state index contributed by atoms with van der Waals surface area (Å²) in [5.41, 5.74) is 2.46. The summed E-state index contributed by atoms with van der Waals surface area (Å²) in [5.74, 6) is -0.264. The van der Waals surface area contributed by atoms with Crippen LogP contribution in [0.5, 0.6) is 11.5 Å². The minimum atomic E-state index is -1.16. The molecule has 8 nitrogen and oxygen atoms in total. The quantitative estimate of drug-likeness (QED) is 0.237. The monoisotopic (exact) mass is 601 g/mol. The molecule has 0 aliphatic carbocycles. The SMILES string of the molecule is COc1ccc(COCC[C@H](C)N2C(=O)[C@@H](CC(=O)O)O[C@H](c3cccc(Cl)c3)[C@H]2c2ccc(Cl)cc2)cc1OC. The normalized spacial score (nSPS) is 19.6. The molecule has 1 amide bonds. The number of methoxy groups -OCH3 is 2. The van der Waals surface area contributed by atoms with Gasteiger partial charge in [0.25, 0.3) is 5.91 Å². The summed E-state index contributed by atoms with van der Waals surface area (Å²) in [6.07, 6.45) is -1.77. The Labute approximate surface area is 249 Å². The maximum absolute atomic E-state index is 13.8. The van der Waals surface area contributed by atoms with Gasteiger partial charge in [-0.3, -0.25) is 9.59 Å². The maximum Gasteiger partial charge on any atom is 0.306 e. The number of nitrogens with zero attached hydrogens (tertiary/aromatic N) is 1. The second-order valence-electron chi connectivity index (χ2n) is 9.82. The molecule has 3 aromatic rings. The lowest BCUT2D eigenvalue weighted by atomic mass is 9.89. The van der Waals surface area contributed by atoms with Gasteiger partial charge in [0.05, 0.1) is 33.3 Å². The van der Waals surface area contributed by atoms with Gasteiger partial charge < -0.3 is 29.0 Å².